The second-order valence-electron chi connectivity index (χ2n) is 2.67. The summed E-state index contributed by atoms with van der Waals surface area (Å²) in [6, 6.07) is 4.73. The van der Waals surface area contributed by atoms with Gasteiger partial charge in [-0.1, -0.05) is 23.6 Å². The standard InChI is InChI=1S/C10H9ClN2O2/c1-2-3-7-12-9-6-4-5-8(11)10(9)13(14)15/h4-6,12H,7H2,1H3. The van der Waals surface area contributed by atoms with Crippen molar-refractivity contribution in [3.63, 3.8) is 0 Å². The number of benzene rings is 1. The van der Waals surface area contributed by atoms with Crippen molar-refractivity contribution in [1.82, 2.24) is 0 Å². The second kappa shape index (κ2) is 5.23. The molecule has 4 nitrogen and oxygen atoms in total. The Morgan fingerprint density at radius 2 is 2.33 bits per heavy atom. The molecule has 0 amide bonds. The molecule has 0 aliphatic rings. The zero-order chi connectivity index (χ0) is 11.3. The van der Waals surface area contributed by atoms with Gasteiger partial charge in [-0.3, -0.25) is 10.1 Å². The van der Waals surface area contributed by atoms with Gasteiger partial charge in [-0.2, -0.15) is 0 Å². The Balaban J connectivity index is 2.99. The molecule has 0 saturated carbocycles. The van der Waals surface area contributed by atoms with Gasteiger partial charge in [-0.05, 0) is 19.1 Å². The van der Waals surface area contributed by atoms with Gasteiger partial charge in [-0.15, -0.1) is 5.92 Å². The molecule has 78 valence electrons. The summed E-state index contributed by atoms with van der Waals surface area (Å²) in [5.41, 5.74) is 0.271. The Morgan fingerprint density at radius 1 is 1.60 bits per heavy atom. The molecule has 0 saturated heterocycles. The number of nitrogens with zero attached hydrogens (tertiary/aromatic N) is 1. The lowest BCUT2D eigenvalue weighted by Gasteiger charge is -2.04. The van der Waals surface area contributed by atoms with Crippen LogP contribution < -0.4 is 5.32 Å². The van der Waals surface area contributed by atoms with Crippen LogP contribution in [0, 0.1) is 22.0 Å². The number of rotatable bonds is 3. The number of hydrogen-bond donors (Lipinski definition) is 1. The van der Waals surface area contributed by atoms with Crippen molar-refractivity contribution in [1.29, 1.82) is 0 Å². The van der Waals surface area contributed by atoms with Gasteiger partial charge in [0.1, 0.15) is 10.7 Å². The molecule has 0 radical (unpaired) electrons. The van der Waals surface area contributed by atoms with Crippen LogP contribution in [-0.2, 0) is 0 Å². The minimum Gasteiger partial charge on any atom is -0.369 e. The summed E-state index contributed by atoms with van der Waals surface area (Å²) < 4.78 is 0. The summed E-state index contributed by atoms with van der Waals surface area (Å²) in [6.45, 7) is 2.06. The first kappa shape index (κ1) is 11.3. The zero-order valence-electron chi connectivity index (χ0n) is 8.08. The Labute approximate surface area is 92.4 Å². The molecule has 0 aliphatic carbocycles. The van der Waals surface area contributed by atoms with Crippen LogP contribution in [0.4, 0.5) is 11.4 Å². The number of nitro benzene ring substituents is 1. The minimum atomic E-state index is -0.510. The highest BCUT2D eigenvalue weighted by Gasteiger charge is 2.17. The van der Waals surface area contributed by atoms with Crippen molar-refractivity contribution in [2.75, 3.05) is 11.9 Å². The van der Waals surface area contributed by atoms with E-state index in [1.54, 1.807) is 19.1 Å². The van der Waals surface area contributed by atoms with Gasteiger partial charge >= 0.3 is 5.69 Å². The average Bonchev–Trinajstić information content (AvgIpc) is 2.17. The lowest BCUT2D eigenvalue weighted by molar-refractivity contribution is -0.383. The fourth-order valence-electron chi connectivity index (χ4n) is 1.07. The number of nitrogens with one attached hydrogen (secondary N) is 1. The number of hydrogen-bond acceptors (Lipinski definition) is 3. The Kier molecular flexibility index (Phi) is 3.95. The van der Waals surface area contributed by atoms with E-state index in [9.17, 15) is 10.1 Å². The van der Waals surface area contributed by atoms with Crippen molar-refractivity contribution < 1.29 is 4.92 Å². The molecular weight excluding hydrogens is 216 g/mol. The molecule has 0 fully saturated rings. The molecule has 1 rings (SSSR count). The molecule has 5 heteroatoms. The smallest absolute Gasteiger partial charge is 0.310 e. The van der Waals surface area contributed by atoms with Crippen LogP contribution in [0.15, 0.2) is 18.2 Å². The molecule has 1 N–H and O–H groups in total. The van der Waals surface area contributed by atoms with E-state index >= 15 is 0 Å². The molecular formula is C10H9ClN2O2. The second-order valence-corrected chi connectivity index (χ2v) is 3.08. The van der Waals surface area contributed by atoms with E-state index in [0.717, 1.165) is 0 Å². The summed E-state index contributed by atoms with van der Waals surface area (Å²) >= 11 is 5.72. The normalized spacial score (nSPS) is 8.93. The van der Waals surface area contributed by atoms with Gasteiger partial charge < -0.3 is 5.32 Å². The highest BCUT2D eigenvalue weighted by Crippen LogP contribution is 2.31. The van der Waals surface area contributed by atoms with Crippen LogP contribution in [-0.4, -0.2) is 11.5 Å². The topological polar surface area (TPSA) is 55.2 Å². The molecule has 1 aromatic rings. The molecule has 0 atom stereocenters. The highest BCUT2D eigenvalue weighted by atomic mass is 35.5. The highest BCUT2D eigenvalue weighted by molar-refractivity contribution is 6.33. The van der Waals surface area contributed by atoms with Gasteiger partial charge in [0.2, 0.25) is 0 Å². The van der Waals surface area contributed by atoms with Crippen molar-refractivity contribution >= 4 is 23.0 Å². The first-order valence-corrected chi connectivity index (χ1v) is 4.61. The molecule has 0 unspecified atom stereocenters. The Bertz CT molecular complexity index is 435. The van der Waals surface area contributed by atoms with E-state index in [0.29, 0.717) is 12.2 Å². The number of para-hydroxylation sites is 1. The molecule has 1 aromatic carbocycles. The van der Waals surface area contributed by atoms with Gasteiger partial charge in [0.25, 0.3) is 0 Å². The van der Waals surface area contributed by atoms with Crippen LogP contribution in [0.1, 0.15) is 6.92 Å². The zero-order valence-corrected chi connectivity index (χ0v) is 8.84. The lowest BCUT2D eigenvalue weighted by atomic mass is 10.2. The largest absolute Gasteiger partial charge is 0.369 e. The summed E-state index contributed by atoms with van der Waals surface area (Å²) in [5, 5.41) is 13.7. The van der Waals surface area contributed by atoms with Crippen molar-refractivity contribution in [3.8, 4) is 11.8 Å². The molecule has 0 bridgehead atoms. The molecule has 0 spiro atoms. The van der Waals surface area contributed by atoms with Crippen LogP contribution in [0.3, 0.4) is 0 Å². The van der Waals surface area contributed by atoms with E-state index in [1.807, 2.05) is 0 Å². The number of halogens is 1. The van der Waals surface area contributed by atoms with Crippen LogP contribution in [0.25, 0.3) is 0 Å². The number of anilines is 1. The van der Waals surface area contributed by atoms with Gasteiger partial charge in [-0.25, -0.2) is 0 Å². The molecule has 0 heterocycles. The maximum absolute atomic E-state index is 10.7. The summed E-state index contributed by atoms with van der Waals surface area (Å²) in [6.07, 6.45) is 0. The maximum Gasteiger partial charge on any atom is 0.310 e. The van der Waals surface area contributed by atoms with Crippen LogP contribution >= 0.6 is 11.6 Å². The van der Waals surface area contributed by atoms with E-state index in [2.05, 4.69) is 17.2 Å². The van der Waals surface area contributed by atoms with E-state index in [1.165, 1.54) is 6.07 Å². The van der Waals surface area contributed by atoms with E-state index in [-0.39, 0.29) is 10.7 Å². The van der Waals surface area contributed by atoms with Crippen molar-refractivity contribution in [2.45, 2.75) is 6.92 Å². The fraction of sp³-hybridized carbons (Fsp3) is 0.200. The average molecular weight is 225 g/mol. The minimum absolute atomic E-state index is 0.114. The SMILES string of the molecule is CC#CCNc1cccc(Cl)c1[N+](=O)[O-]. The number of nitro groups is 1. The van der Waals surface area contributed by atoms with E-state index in [4.69, 9.17) is 11.6 Å². The predicted molar refractivity (Wildman–Crippen MR) is 60.0 cm³/mol. The molecule has 0 aromatic heterocycles. The quantitative estimate of drug-likeness (QED) is 0.488. The fourth-order valence-corrected chi connectivity index (χ4v) is 1.31. The van der Waals surface area contributed by atoms with Crippen molar-refractivity contribution in [3.05, 3.63) is 33.3 Å². The maximum atomic E-state index is 10.7. The third-order valence-electron chi connectivity index (χ3n) is 1.71. The predicted octanol–water partition coefficient (Wildman–Crippen LogP) is 2.68. The van der Waals surface area contributed by atoms with Gasteiger partial charge in [0, 0.05) is 0 Å². The Hall–Kier alpha value is -1.73. The van der Waals surface area contributed by atoms with Crippen molar-refractivity contribution in [2.24, 2.45) is 0 Å². The monoisotopic (exact) mass is 224 g/mol. The summed E-state index contributed by atoms with van der Waals surface area (Å²) in [5.74, 6) is 5.44. The lowest BCUT2D eigenvalue weighted by Crippen LogP contribution is -2.02. The Morgan fingerprint density at radius 3 is 2.93 bits per heavy atom. The first-order chi connectivity index (χ1) is 7.16. The third kappa shape index (κ3) is 2.86. The summed E-state index contributed by atoms with van der Waals surface area (Å²) in [7, 11) is 0. The van der Waals surface area contributed by atoms with Crippen LogP contribution in [0.2, 0.25) is 5.02 Å². The molecule has 15 heavy (non-hydrogen) atoms. The van der Waals surface area contributed by atoms with Crippen LogP contribution in [0.5, 0.6) is 0 Å². The molecule has 0 aliphatic heterocycles. The third-order valence-corrected chi connectivity index (χ3v) is 2.02. The van der Waals surface area contributed by atoms with Gasteiger partial charge in [0.05, 0.1) is 11.5 Å². The summed E-state index contributed by atoms with van der Waals surface area (Å²) in [4.78, 5) is 10.2. The van der Waals surface area contributed by atoms with Gasteiger partial charge in [0.15, 0.2) is 0 Å². The van der Waals surface area contributed by atoms with E-state index < -0.39 is 4.92 Å². The first-order valence-electron chi connectivity index (χ1n) is 4.23.